The summed E-state index contributed by atoms with van der Waals surface area (Å²) >= 11 is 0. The van der Waals surface area contributed by atoms with E-state index in [4.69, 9.17) is 9.47 Å². The Morgan fingerprint density at radius 3 is 2.76 bits per heavy atom. The summed E-state index contributed by atoms with van der Waals surface area (Å²) in [5, 5.41) is 0. The van der Waals surface area contributed by atoms with Crippen LogP contribution in [-0.4, -0.2) is 60.5 Å². The van der Waals surface area contributed by atoms with Crippen LogP contribution in [0.25, 0.3) is 0 Å². The first-order chi connectivity index (χ1) is 8.20. The van der Waals surface area contributed by atoms with E-state index in [0.717, 1.165) is 0 Å². The number of hydrogen-bond acceptors (Lipinski definition) is 4. The molecule has 1 heterocycles. The molecule has 0 N–H and O–H groups in total. The van der Waals surface area contributed by atoms with Crippen LogP contribution in [0.15, 0.2) is 18.7 Å². The lowest BCUT2D eigenvalue weighted by Crippen LogP contribution is -2.44. The second-order valence-electron chi connectivity index (χ2n) is 3.74. The van der Waals surface area contributed by atoms with Crippen LogP contribution in [0.4, 0.5) is 4.79 Å². The fraction of sp³-hybridized carbons (Fsp3) is 0.636. The van der Waals surface area contributed by atoms with E-state index >= 15 is 0 Å². The maximum Gasteiger partial charge on any atom is 0.329 e. The van der Waals surface area contributed by atoms with Crippen molar-refractivity contribution in [2.45, 2.75) is 13.0 Å². The summed E-state index contributed by atoms with van der Waals surface area (Å²) in [5.41, 5.74) is 0. The molecule has 6 heteroatoms. The van der Waals surface area contributed by atoms with Crippen LogP contribution in [0.2, 0.25) is 0 Å². The minimum absolute atomic E-state index is 0.00921. The van der Waals surface area contributed by atoms with Crippen LogP contribution in [0.1, 0.15) is 6.92 Å². The normalized spacial score (nSPS) is 12.4. The quantitative estimate of drug-likeness (QED) is 0.740. The average molecular weight is 241 g/mol. The molecule has 6 nitrogen and oxygen atoms in total. The standard InChI is InChI=1S/C11H19N3O3/c1-10(8-17-3)14(6-7-16-2)11(15)13-5-4-12-9-13/h4-5,9-10H,6-8H2,1-3H3. The zero-order chi connectivity index (χ0) is 12.7. The first-order valence-corrected chi connectivity index (χ1v) is 5.47. The fourth-order valence-corrected chi connectivity index (χ4v) is 1.55. The highest BCUT2D eigenvalue weighted by Gasteiger charge is 2.20. The summed E-state index contributed by atoms with van der Waals surface area (Å²) < 4.78 is 11.5. The Hall–Kier alpha value is -1.40. The van der Waals surface area contributed by atoms with Gasteiger partial charge in [0.25, 0.3) is 0 Å². The van der Waals surface area contributed by atoms with Crippen LogP contribution in [0.5, 0.6) is 0 Å². The first kappa shape index (κ1) is 13.7. The van der Waals surface area contributed by atoms with Crippen LogP contribution >= 0.6 is 0 Å². The molecule has 1 rings (SSSR count). The summed E-state index contributed by atoms with van der Waals surface area (Å²) in [6, 6.07) is -0.130. The number of ether oxygens (including phenoxy) is 2. The zero-order valence-electron chi connectivity index (χ0n) is 10.5. The van der Waals surface area contributed by atoms with Crippen LogP contribution in [0, 0.1) is 0 Å². The van der Waals surface area contributed by atoms with Gasteiger partial charge in [-0.05, 0) is 6.92 Å². The minimum Gasteiger partial charge on any atom is -0.383 e. The molecule has 17 heavy (non-hydrogen) atoms. The van der Waals surface area contributed by atoms with Gasteiger partial charge in [0.2, 0.25) is 0 Å². The second kappa shape index (κ2) is 7.03. The molecule has 0 spiro atoms. The highest BCUT2D eigenvalue weighted by atomic mass is 16.5. The summed E-state index contributed by atoms with van der Waals surface area (Å²) in [6.07, 6.45) is 4.69. The molecule has 0 bridgehead atoms. The van der Waals surface area contributed by atoms with E-state index in [9.17, 15) is 4.79 Å². The van der Waals surface area contributed by atoms with Crippen molar-refractivity contribution in [3.8, 4) is 0 Å². The zero-order valence-corrected chi connectivity index (χ0v) is 10.5. The SMILES string of the molecule is COCCN(C(=O)n1ccnc1)C(C)COC. The van der Waals surface area contributed by atoms with Crippen molar-refractivity contribution >= 4 is 6.03 Å². The topological polar surface area (TPSA) is 56.6 Å². The lowest BCUT2D eigenvalue weighted by molar-refractivity contribution is 0.0909. The third-order valence-electron chi connectivity index (χ3n) is 2.45. The molecular formula is C11H19N3O3. The molecule has 0 saturated carbocycles. The first-order valence-electron chi connectivity index (χ1n) is 5.47. The number of rotatable bonds is 6. The number of amides is 1. The van der Waals surface area contributed by atoms with E-state index in [2.05, 4.69) is 4.98 Å². The number of imidazole rings is 1. The highest BCUT2D eigenvalue weighted by Crippen LogP contribution is 2.04. The van der Waals surface area contributed by atoms with Gasteiger partial charge < -0.3 is 14.4 Å². The predicted molar refractivity (Wildman–Crippen MR) is 62.9 cm³/mol. The van der Waals surface area contributed by atoms with Crippen molar-refractivity contribution in [3.63, 3.8) is 0 Å². The number of aromatic nitrogens is 2. The smallest absolute Gasteiger partial charge is 0.329 e. The van der Waals surface area contributed by atoms with Crippen LogP contribution in [-0.2, 0) is 9.47 Å². The largest absolute Gasteiger partial charge is 0.383 e. The molecule has 0 radical (unpaired) electrons. The Labute approximate surface area is 101 Å². The van der Waals surface area contributed by atoms with Crippen molar-refractivity contribution in [1.82, 2.24) is 14.5 Å². The second-order valence-corrected chi connectivity index (χ2v) is 3.74. The Kier molecular flexibility index (Phi) is 5.65. The molecule has 0 aromatic carbocycles. The van der Waals surface area contributed by atoms with Gasteiger partial charge in [0, 0.05) is 33.2 Å². The Bertz CT molecular complexity index is 327. The maximum atomic E-state index is 12.2. The van der Waals surface area contributed by atoms with E-state index < -0.39 is 0 Å². The number of hydrogen-bond donors (Lipinski definition) is 0. The van der Waals surface area contributed by atoms with Gasteiger partial charge in [-0.3, -0.25) is 4.57 Å². The number of nitrogens with zero attached hydrogens (tertiary/aromatic N) is 3. The molecule has 0 aliphatic carbocycles. The molecule has 96 valence electrons. The summed E-state index contributed by atoms with van der Waals surface area (Å²) in [5.74, 6) is 0. The van der Waals surface area contributed by atoms with E-state index in [1.165, 1.54) is 10.9 Å². The van der Waals surface area contributed by atoms with Crippen LogP contribution < -0.4 is 0 Å². The highest BCUT2D eigenvalue weighted by molar-refractivity contribution is 5.76. The lowest BCUT2D eigenvalue weighted by atomic mass is 10.3. The minimum atomic E-state index is -0.121. The average Bonchev–Trinajstić information content (AvgIpc) is 2.83. The number of carbonyl (C=O) groups is 1. The molecule has 0 fully saturated rings. The van der Waals surface area contributed by atoms with Gasteiger partial charge in [0.1, 0.15) is 6.33 Å². The van der Waals surface area contributed by atoms with Crippen molar-refractivity contribution in [3.05, 3.63) is 18.7 Å². The third kappa shape index (κ3) is 3.83. The van der Waals surface area contributed by atoms with Gasteiger partial charge in [-0.2, -0.15) is 0 Å². The molecule has 1 amide bonds. The monoisotopic (exact) mass is 241 g/mol. The maximum absolute atomic E-state index is 12.2. The summed E-state index contributed by atoms with van der Waals surface area (Å²) in [6.45, 7) is 3.45. The van der Waals surface area contributed by atoms with Crippen molar-refractivity contribution < 1.29 is 14.3 Å². The fourth-order valence-electron chi connectivity index (χ4n) is 1.55. The van der Waals surface area contributed by atoms with Crippen LogP contribution in [0.3, 0.4) is 0 Å². The van der Waals surface area contributed by atoms with Gasteiger partial charge in [0.05, 0.1) is 19.3 Å². The summed E-state index contributed by atoms with van der Waals surface area (Å²) in [7, 11) is 3.23. The van der Waals surface area contributed by atoms with Gasteiger partial charge in [-0.15, -0.1) is 0 Å². The van der Waals surface area contributed by atoms with Crippen molar-refractivity contribution in [2.24, 2.45) is 0 Å². The molecule has 1 unspecified atom stereocenters. The van der Waals surface area contributed by atoms with Gasteiger partial charge in [0.15, 0.2) is 0 Å². The van der Waals surface area contributed by atoms with E-state index in [-0.39, 0.29) is 12.1 Å². The number of methoxy groups -OCH3 is 2. The molecule has 1 atom stereocenters. The van der Waals surface area contributed by atoms with E-state index in [0.29, 0.717) is 19.8 Å². The van der Waals surface area contributed by atoms with Gasteiger partial charge in [-0.1, -0.05) is 0 Å². The predicted octanol–water partition coefficient (Wildman–Crippen LogP) is 0.835. The van der Waals surface area contributed by atoms with Crippen molar-refractivity contribution in [2.75, 3.05) is 34.0 Å². The molecule has 1 aromatic rings. The molecular weight excluding hydrogens is 222 g/mol. The third-order valence-corrected chi connectivity index (χ3v) is 2.45. The molecule has 0 saturated heterocycles. The van der Waals surface area contributed by atoms with Gasteiger partial charge in [-0.25, -0.2) is 9.78 Å². The lowest BCUT2D eigenvalue weighted by Gasteiger charge is -2.28. The van der Waals surface area contributed by atoms with E-state index in [1.54, 1.807) is 31.5 Å². The van der Waals surface area contributed by atoms with Gasteiger partial charge >= 0.3 is 6.03 Å². The van der Waals surface area contributed by atoms with Crippen molar-refractivity contribution in [1.29, 1.82) is 0 Å². The Morgan fingerprint density at radius 2 is 2.24 bits per heavy atom. The Morgan fingerprint density at radius 1 is 1.47 bits per heavy atom. The molecule has 0 aliphatic rings. The summed E-state index contributed by atoms with van der Waals surface area (Å²) in [4.78, 5) is 17.7. The Balaban J connectivity index is 2.71. The molecule has 0 aliphatic heterocycles. The van der Waals surface area contributed by atoms with E-state index in [1.807, 2.05) is 6.92 Å². The molecule has 1 aromatic heterocycles. The number of carbonyl (C=O) groups excluding carboxylic acids is 1.